The third kappa shape index (κ3) is 5.22. The Labute approximate surface area is 120 Å². The summed E-state index contributed by atoms with van der Waals surface area (Å²) in [4.78, 5) is 1.38. The SMILES string of the molecule is COC1CCCC(OC(C)CNCc2cccs2)C1. The number of methoxy groups -OCH3 is 1. The molecule has 3 unspecified atom stereocenters. The Balaban J connectivity index is 1.62. The zero-order valence-corrected chi connectivity index (χ0v) is 12.7. The molecule has 108 valence electrons. The minimum atomic E-state index is 0.264. The topological polar surface area (TPSA) is 30.5 Å². The normalized spacial score (nSPS) is 25.4. The van der Waals surface area contributed by atoms with Crippen molar-refractivity contribution < 1.29 is 9.47 Å². The second-order valence-electron chi connectivity index (χ2n) is 5.30. The van der Waals surface area contributed by atoms with E-state index in [1.807, 2.05) is 0 Å². The van der Waals surface area contributed by atoms with Crippen LogP contribution in [0, 0.1) is 0 Å². The molecule has 1 heterocycles. The van der Waals surface area contributed by atoms with Crippen LogP contribution in [0.25, 0.3) is 0 Å². The Morgan fingerprint density at radius 2 is 2.26 bits per heavy atom. The van der Waals surface area contributed by atoms with Crippen LogP contribution in [-0.2, 0) is 16.0 Å². The second kappa shape index (κ2) is 8.00. The number of rotatable bonds is 7. The van der Waals surface area contributed by atoms with E-state index >= 15 is 0 Å². The summed E-state index contributed by atoms with van der Waals surface area (Å²) < 4.78 is 11.5. The van der Waals surface area contributed by atoms with Gasteiger partial charge in [-0.15, -0.1) is 11.3 Å². The number of hydrogen-bond donors (Lipinski definition) is 1. The third-order valence-electron chi connectivity index (χ3n) is 3.65. The molecule has 0 aromatic carbocycles. The van der Waals surface area contributed by atoms with E-state index in [1.54, 1.807) is 18.4 Å². The van der Waals surface area contributed by atoms with Crippen molar-refractivity contribution in [2.24, 2.45) is 0 Å². The fourth-order valence-electron chi connectivity index (χ4n) is 2.63. The molecule has 3 atom stereocenters. The minimum absolute atomic E-state index is 0.264. The first-order valence-corrected chi connectivity index (χ1v) is 8.07. The van der Waals surface area contributed by atoms with Crippen LogP contribution in [0.1, 0.15) is 37.5 Å². The summed E-state index contributed by atoms with van der Waals surface area (Å²) in [5.74, 6) is 0. The first-order valence-electron chi connectivity index (χ1n) is 7.19. The summed E-state index contributed by atoms with van der Waals surface area (Å²) in [5.41, 5.74) is 0. The fraction of sp³-hybridized carbons (Fsp3) is 0.733. The molecule has 0 amide bonds. The molecule has 1 aliphatic rings. The summed E-state index contributed by atoms with van der Waals surface area (Å²) in [6.45, 7) is 4.00. The molecule has 19 heavy (non-hydrogen) atoms. The van der Waals surface area contributed by atoms with Gasteiger partial charge >= 0.3 is 0 Å². The highest BCUT2D eigenvalue weighted by Crippen LogP contribution is 2.23. The molecule has 0 radical (unpaired) electrons. The van der Waals surface area contributed by atoms with Crippen molar-refractivity contribution in [3.05, 3.63) is 22.4 Å². The van der Waals surface area contributed by atoms with Crippen molar-refractivity contribution in [3.63, 3.8) is 0 Å². The molecule has 1 aliphatic carbocycles. The summed E-state index contributed by atoms with van der Waals surface area (Å²) in [6, 6.07) is 4.25. The quantitative estimate of drug-likeness (QED) is 0.833. The molecule has 0 saturated heterocycles. The largest absolute Gasteiger partial charge is 0.381 e. The second-order valence-corrected chi connectivity index (χ2v) is 6.34. The zero-order chi connectivity index (χ0) is 13.5. The summed E-state index contributed by atoms with van der Waals surface area (Å²) in [7, 11) is 1.80. The predicted octanol–water partition coefficient (Wildman–Crippen LogP) is 3.20. The molecule has 1 N–H and O–H groups in total. The smallest absolute Gasteiger partial charge is 0.0675 e. The average Bonchev–Trinajstić information content (AvgIpc) is 2.92. The molecule has 0 spiro atoms. The van der Waals surface area contributed by atoms with Gasteiger partial charge in [0.05, 0.1) is 18.3 Å². The van der Waals surface area contributed by atoms with Gasteiger partial charge in [0.25, 0.3) is 0 Å². The number of hydrogen-bond acceptors (Lipinski definition) is 4. The van der Waals surface area contributed by atoms with Crippen molar-refractivity contribution in [3.8, 4) is 0 Å². The van der Waals surface area contributed by atoms with Crippen LogP contribution < -0.4 is 5.32 Å². The van der Waals surface area contributed by atoms with Gasteiger partial charge in [0.1, 0.15) is 0 Å². The fourth-order valence-corrected chi connectivity index (χ4v) is 3.30. The lowest BCUT2D eigenvalue weighted by Gasteiger charge is -2.30. The van der Waals surface area contributed by atoms with Gasteiger partial charge in [0.2, 0.25) is 0 Å². The van der Waals surface area contributed by atoms with Gasteiger partial charge in [-0.1, -0.05) is 6.07 Å². The van der Waals surface area contributed by atoms with Crippen molar-refractivity contribution in [2.75, 3.05) is 13.7 Å². The highest BCUT2D eigenvalue weighted by atomic mass is 32.1. The number of ether oxygens (including phenoxy) is 2. The monoisotopic (exact) mass is 283 g/mol. The van der Waals surface area contributed by atoms with Crippen LogP contribution in [0.2, 0.25) is 0 Å². The van der Waals surface area contributed by atoms with Crippen LogP contribution >= 0.6 is 11.3 Å². The lowest BCUT2D eigenvalue weighted by molar-refractivity contribution is -0.0581. The van der Waals surface area contributed by atoms with Gasteiger partial charge in [-0.25, -0.2) is 0 Å². The van der Waals surface area contributed by atoms with Crippen molar-refractivity contribution in [1.82, 2.24) is 5.32 Å². The Morgan fingerprint density at radius 1 is 1.42 bits per heavy atom. The zero-order valence-electron chi connectivity index (χ0n) is 11.9. The van der Waals surface area contributed by atoms with Gasteiger partial charge in [-0.05, 0) is 44.1 Å². The maximum absolute atomic E-state index is 6.10. The summed E-state index contributed by atoms with van der Waals surface area (Å²) >= 11 is 1.79. The van der Waals surface area contributed by atoms with E-state index < -0.39 is 0 Å². The Bertz CT molecular complexity index is 342. The predicted molar refractivity (Wildman–Crippen MR) is 79.6 cm³/mol. The van der Waals surface area contributed by atoms with Crippen molar-refractivity contribution >= 4 is 11.3 Å². The van der Waals surface area contributed by atoms with Gasteiger partial charge in [0, 0.05) is 25.1 Å². The summed E-state index contributed by atoms with van der Waals surface area (Å²) in [6.07, 6.45) is 5.66. The molecule has 2 rings (SSSR count). The first kappa shape index (κ1) is 15.0. The van der Waals surface area contributed by atoms with E-state index in [0.717, 1.165) is 19.5 Å². The van der Waals surface area contributed by atoms with Crippen LogP contribution in [0.15, 0.2) is 17.5 Å². The Hall–Kier alpha value is -0.420. The molecule has 1 aromatic heterocycles. The van der Waals surface area contributed by atoms with Gasteiger partial charge < -0.3 is 14.8 Å². The van der Waals surface area contributed by atoms with Crippen molar-refractivity contribution in [1.29, 1.82) is 0 Å². The standard InChI is InChI=1S/C15H25NO2S/c1-12(10-16-11-15-7-4-8-19-15)18-14-6-3-5-13(9-14)17-2/h4,7-8,12-14,16H,3,5-6,9-11H2,1-2H3. The van der Waals surface area contributed by atoms with E-state index in [1.165, 1.54) is 24.1 Å². The number of nitrogens with one attached hydrogen (secondary N) is 1. The molecule has 1 aromatic rings. The Kier molecular flexibility index (Phi) is 6.31. The van der Waals surface area contributed by atoms with Gasteiger partial charge in [0.15, 0.2) is 0 Å². The van der Waals surface area contributed by atoms with Crippen LogP contribution in [-0.4, -0.2) is 32.0 Å². The van der Waals surface area contributed by atoms with Crippen LogP contribution in [0.3, 0.4) is 0 Å². The molecule has 1 fully saturated rings. The van der Waals surface area contributed by atoms with Crippen LogP contribution in [0.4, 0.5) is 0 Å². The molecule has 0 aliphatic heterocycles. The summed E-state index contributed by atoms with van der Waals surface area (Å²) in [5, 5.41) is 5.57. The lowest BCUT2D eigenvalue weighted by atomic mass is 9.95. The van der Waals surface area contributed by atoms with Gasteiger partial charge in [-0.2, -0.15) is 0 Å². The molecule has 4 heteroatoms. The molecule has 3 nitrogen and oxygen atoms in total. The number of thiophene rings is 1. The van der Waals surface area contributed by atoms with Gasteiger partial charge in [-0.3, -0.25) is 0 Å². The molecule has 0 bridgehead atoms. The van der Waals surface area contributed by atoms with Crippen LogP contribution in [0.5, 0.6) is 0 Å². The maximum atomic E-state index is 6.10. The van der Waals surface area contributed by atoms with E-state index in [0.29, 0.717) is 12.2 Å². The maximum Gasteiger partial charge on any atom is 0.0675 e. The highest BCUT2D eigenvalue weighted by molar-refractivity contribution is 7.09. The first-order chi connectivity index (χ1) is 9.28. The lowest BCUT2D eigenvalue weighted by Crippen LogP contribution is -2.34. The average molecular weight is 283 g/mol. The van der Waals surface area contributed by atoms with E-state index in [-0.39, 0.29) is 6.10 Å². The molecular weight excluding hydrogens is 258 g/mol. The third-order valence-corrected chi connectivity index (χ3v) is 4.52. The van der Waals surface area contributed by atoms with E-state index in [2.05, 4.69) is 29.8 Å². The Morgan fingerprint density at radius 3 is 3.00 bits per heavy atom. The minimum Gasteiger partial charge on any atom is -0.381 e. The van der Waals surface area contributed by atoms with E-state index in [4.69, 9.17) is 9.47 Å². The molecular formula is C15H25NO2S. The van der Waals surface area contributed by atoms with Crippen molar-refractivity contribution in [2.45, 2.75) is 57.5 Å². The molecule has 1 saturated carbocycles. The highest BCUT2D eigenvalue weighted by Gasteiger charge is 2.23. The van der Waals surface area contributed by atoms with E-state index in [9.17, 15) is 0 Å².